The first-order chi connectivity index (χ1) is 11.9. The monoisotopic (exact) mass is 367 g/mol. The maximum atomic E-state index is 14.1. The Morgan fingerprint density at radius 1 is 1.32 bits per heavy atom. The summed E-state index contributed by atoms with van der Waals surface area (Å²) < 4.78 is 47.0. The van der Waals surface area contributed by atoms with Crippen LogP contribution >= 0.6 is 0 Å². The Balaban J connectivity index is 1.71. The van der Waals surface area contributed by atoms with Crippen molar-refractivity contribution >= 4 is 10.0 Å². The highest BCUT2D eigenvalue weighted by Gasteiger charge is 2.47. The minimum atomic E-state index is -3.39. The fourth-order valence-corrected chi connectivity index (χ4v) is 4.95. The molecule has 25 heavy (non-hydrogen) atoms. The number of nitrogens with one attached hydrogen (secondary N) is 1. The zero-order valence-corrected chi connectivity index (χ0v) is 15.3. The number of halogens is 1. The zero-order chi connectivity index (χ0) is 17.9. The van der Waals surface area contributed by atoms with Gasteiger partial charge in [-0.05, 0) is 55.7 Å². The normalized spacial score (nSPS) is 19.7. The van der Waals surface area contributed by atoms with Gasteiger partial charge in [0.1, 0.15) is 0 Å². The molecule has 0 amide bonds. The van der Waals surface area contributed by atoms with Gasteiger partial charge in [-0.2, -0.15) is 0 Å². The van der Waals surface area contributed by atoms with Gasteiger partial charge < -0.3 is 4.74 Å². The van der Waals surface area contributed by atoms with Gasteiger partial charge in [0.25, 0.3) is 0 Å². The summed E-state index contributed by atoms with van der Waals surface area (Å²) in [5, 5.41) is 0. The van der Waals surface area contributed by atoms with Crippen LogP contribution < -0.4 is 9.46 Å². The molecule has 2 saturated carbocycles. The van der Waals surface area contributed by atoms with Crippen molar-refractivity contribution in [1.82, 2.24) is 4.72 Å². The minimum Gasteiger partial charge on any atom is -0.490 e. The van der Waals surface area contributed by atoms with Crippen molar-refractivity contribution in [3.63, 3.8) is 0 Å². The molecular formula is C19H26FNO3S. The van der Waals surface area contributed by atoms with Crippen molar-refractivity contribution in [2.75, 3.05) is 12.4 Å². The summed E-state index contributed by atoms with van der Waals surface area (Å²) in [5.74, 6) is 0.341. The van der Waals surface area contributed by atoms with E-state index in [-0.39, 0.29) is 11.5 Å². The average molecular weight is 367 g/mol. The summed E-state index contributed by atoms with van der Waals surface area (Å²) in [6.07, 6.45) is 8.12. The molecule has 3 rings (SSSR count). The van der Waals surface area contributed by atoms with Gasteiger partial charge in [-0.25, -0.2) is 17.5 Å². The molecule has 0 bridgehead atoms. The van der Waals surface area contributed by atoms with Crippen molar-refractivity contribution in [1.29, 1.82) is 0 Å². The molecule has 1 aromatic rings. The second kappa shape index (κ2) is 7.46. The molecule has 0 heterocycles. The van der Waals surface area contributed by atoms with Crippen LogP contribution in [0.2, 0.25) is 0 Å². The largest absolute Gasteiger partial charge is 0.490 e. The molecule has 0 radical (unpaired) electrons. The van der Waals surface area contributed by atoms with Gasteiger partial charge in [0.2, 0.25) is 10.0 Å². The van der Waals surface area contributed by atoms with Crippen molar-refractivity contribution in [2.24, 2.45) is 5.92 Å². The molecule has 2 aliphatic rings. The van der Waals surface area contributed by atoms with E-state index in [4.69, 9.17) is 4.74 Å². The minimum absolute atomic E-state index is 0.0183. The number of rotatable bonds is 9. The molecule has 0 spiro atoms. The maximum absolute atomic E-state index is 14.1. The summed E-state index contributed by atoms with van der Waals surface area (Å²) in [6, 6.07) is 4.69. The average Bonchev–Trinajstić information content (AvgIpc) is 3.15. The van der Waals surface area contributed by atoms with E-state index < -0.39 is 21.4 Å². The second-order valence-electron chi connectivity index (χ2n) is 7.19. The zero-order valence-electron chi connectivity index (χ0n) is 14.5. The van der Waals surface area contributed by atoms with Crippen LogP contribution in [0.25, 0.3) is 0 Å². The van der Waals surface area contributed by atoms with Gasteiger partial charge in [-0.1, -0.05) is 25.0 Å². The SMILES string of the molecule is C=CCCS(=O)(=O)NC1(c2ccc(F)c(OCC3CCCC3)c2)CC1. The van der Waals surface area contributed by atoms with Crippen LogP contribution in [0, 0.1) is 11.7 Å². The van der Waals surface area contributed by atoms with Gasteiger partial charge in [0, 0.05) is 0 Å². The van der Waals surface area contributed by atoms with Crippen molar-refractivity contribution < 1.29 is 17.5 Å². The first-order valence-electron chi connectivity index (χ1n) is 8.99. The molecule has 2 fully saturated rings. The quantitative estimate of drug-likeness (QED) is 0.674. The number of allylic oxidation sites excluding steroid dienone is 1. The predicted octanol–water partition coefficient (Wildman–Crippen LogP) is 3.88. The van der Waals surface area contributed by atoms with E-state index in [1.165, 1.54) is 18.9 Å². The van der Waals surface area contributed by atoms with E-state index >= 15 is 0 Å². The topological polar surface area (TPSA) is 55.4 Å². The Hall–Kier alpha value is -1.40. The number of sulfonamides is 1. The van der Waals surface area contributed by atoms with Crippen LogP contribution in [0.3, 0.4) is 0 Å². The van der Waals surface area contributed by atoms with Crippen LogP contribution in [-0.2, 0) is 15.6 Å². The molecule has 1 aromatic carbocycles. The van der Waals surface area contributed by atoms with Crippen molar-refractivity contribution in [3.8, 4) is 5.75 Å². The number of ether oxygens (including phenoxy) is 1. The predicted molar refractivity (Wildman–Crippen MR) is 96.5 cm³/mol. The highest BCUT2D eigenvalue weighted by molar-refractivity contribution is 7.89. The fraction of sp³-hybridized carbons (Fsp3) is 0.579. The van der Waals surface area contributed by atoms with E-state index in [9.17, 15) is 12.8 Å². The Morgan fingerprint density at radius 3 is 2.68 bits per heavy atom. The third-order valence-electron chi connectivity index (χ3n) is 5.12. The molecule has 138 valence electrons. The Bertz CT molecular complexity index is 722. The summed E-state index contributed by atoms with van der Waals surface area (Å²) >= 11 is 0. The number of hydrogen-bond donors (Lipinski definition) is 1. The third-order valence-corrected chi connectivity index (χ3v) is 6.60. The van der Waals surface area contributed by atoms with E-state index in [1.807, 2.05) is 0 Å². The Morgan fingerprint density at radius 2 is 2.04 bits per heavy atom. The van der Waals surface area contributed by atoms with E-state index in [0.29, 0.717) is 31.8 Å². The van der Waals surface area contributed by atoms with E-state index in [1.54, 1.807) is 18.2 Å². The second-order valence-corrected chi connectivity index (χ2v) is 9.03. The Kier molecular flexibility index (Phi) is 5.49. The van der Waals surface area contributed by atoms with Crippen molar-refractivity contribution in [3.05, 3.63) is 42.2 Å². The lowest BCUT2D eigenvalue weighted by molar-refractivity contribution is 0.241. The molecule has 4 nitrogen and oxygen atoms in total. The summed E-state index contributed by atoms with van der Waals surface area (Å²) in [7, 11) is -3.39. The van der Waals surface area contributed by atoms with E-state index in [2.05, 4.69) is 11.3 Å². The standard InChI is InChI=1S/C19H26FNO3S/c1-2-3-12-25(22,23)21-19(10-11-19)16-8-9-17(20)18(13-16)24-14-15-6-4-5-7-15/h2,8-9,13,15,21H,1,3-7,10-12,14H2. The van der Waals surface area contributed by atoms with Gasteiger partial charge in [-0.3, -0.25) is 0 Å². The van der Waals surface area contributed by atoms with Gasteiger partial charge in [-0.15, -0.1) is 6.58 Å². The Labute approximate surface area is 149 Å². The van der Waals surface area contributed by atoms with Crippen LogP contribution in [0.1, 0.15) is 50.5 Å². The van der Waals surface area contributed by atoms with Gasteiger partial charge in [0.15, 0.2) is 11.6 Å². The van der Waals surface area contributed by atoms with Crippen LogP contribution in [0.5, 0.6) is 5.75 Å². The lowest BCUT2D eigenvalue weighted by Crippen LogP contribution is -2.36. The van der Waals surface area contributed by atoms with Crippen LogP contribution in [0.4, 0.5) is 4.39 Å². The lowest BCUT2D eigenvalue weighted by atomic mass is 10.1. The molecule has 0 unspecified atom stereocenters. The molecule has 2 aliphatic carbocycles. The third kappa shape index (κ3) is 4.61. The van der Waals surface area contributed by atoms with Gasteiger partial charge >= 0.3 is 0 Å². The fourth-order valence-electron chi connectivity index (χ4n) is 3.46. The maximum Gasteiger partial charge on any atom is 0.212 e. The molecule has 6 heteroatoms. The molecule has 1 N–H and O–H groups in total. The van der Waals surface area contributed by atoms with Crippen LogP contribution in [-0.4, -0.2) is 20.8 Å². The van der Waals surface area contributed by atoms with E-state index in [0.717, 1.165) is 18.4 Å². The first-order valence-corrected chi connectivity index (χ1v) is 10.6. The summed E-state index contributed by atoms with van der Waals surface area (Å²) in [6.45, 7) is 4.08. The highest BCUT2D eigenvalue weighted by atomic mass is 32.2. The molecule has 0 aromatic heterocycles. The smallest absolute Gasteiger partial charge is 0.212 e. The summed E-state index contributed by atoms with van der Waals surface area (Å²) in [4.78, 5) is 0. The number of benzene rings is 1. The first kappa shape index (κ1) is 18.4. The van der Waals surface area contributed by atoms with Crippen molar-refractivity contribution in [2.45, 2.75) is 50.5 Å². The molecule has 0 saturated heterocycles. The summed E-state index contributed by atoms with van der Waals surface area (Å²) in [5.41, 5.74) is 0.164. The highest BCUT2D eigenvalue weighted by Crippen LogP contribution is 2.47. The molecule has 0 aliphatic heterocycles. The van der Waals surface area contributed by atoms with Gasteiger partial charge in [0.05, 0.1) is 17.9 Å². The number of hydrogen-bond acceptors (Lipinski definition) is 3. The van der Waals surface area contributed by atoms with Crippen LogP contribution in [0.15, 0.2) is 30.9 Å². The lowest BCUT2D eigenvalue weighted by Gasteiger charge is -2.19. The molecule has 0 atom stereocenters. The molecular weight excluding hydrogens is 341 g/mol.